The van der Waals surface area contributed by atoms with Crippen LogP contribution in [0.25, 0.3) is 0 Å². The molecule has 0 saturated carbocycles. The zero-order chi connectivity index (χ0) is 11.3. The molecule has 0 aliphatic rings. The Morgan fingerprint density at radius 2 is 2.20 bits per heavy atom. The third-order valence-corrected chi connectivity index (χ3v) is 2.53. The van der Waals surface area contributed by atoms with Gasteiger partial charge < -0.3 is 0 Å². The summed E-state index contributed by atoms with van der Waals surface area (Å²) in [5.41, 5.74) is 1.01. The summed E-state index contributed by atoms with van der Waals surface area (Å²) in [6, 6.07) is 9.89. The maximum Gasteiger partial charge on any atom is 0.121 e. The van der Waals surface area contributed by atoms with Crippen molar-refractivity contribution in [2.24, 2.45) is 5.92 Å². The van der Waals surface area contributed by atoms with Crippen molar-refractivity contribution in [1.29, 1.82) is 5.26 Å². The topological polar surface area (TPSA) is 35.8 Å². The van der Waals surface area contributed by atoms with Gasteiger partial charge in [-0.1, -0.05) is 41.9 Å². The molecule has 0 bridgehead atoms. The Balaban J connectivity index is 2.71. The summed E-state index contributed by atoms with van der Waals surface area (Å²) >= 11 is 3.40. The summed E-state index contributed by atoms with van der Waals surface area (Å²) < 4.78 is 1.01. The molecule has 1 aromatic rings. The highest BCUT2D eigenvalue weighted by molar-refractivity contribution is 9.10. The van der Waals surface area contributed by atoms with Crippen LogP contribution in [0.2, 0.25) is 0 Å². The quantitative estimate of drug-likeness (QED) is 0.908. The normalized spacial score (nSPS) is 12.5. The first-order valence-corrected chi connectivity index (χ1v) is 5.81. The van der Waals surface area contributed by atoms with Crippen LogP contribution in [0.15, 0.2) is 28.7 Å². The minimum atomic E-state index is -0.218. The van der Waals surface area contributed by atoms with Crippen LogP contribution in [0.3, 0.4) is 0 Å². The Hall–Kier alpha value is -0.850. The van der Waals surface area contributed by atoms with Crippen LogP contribution in [0.4, 0.5) is 0 Å². The molecule has 0 spiro atoms. The van der Waals surface area contributed by atoms with E-state index < -0.39 is 0 Å². The van der Waals surface area contributed by atoms with Gasteiger partial charge in [0.2, 0.25) is 0 Å². The van der Waals surface area contributed by atoms with Gasteiger partial charge in [-0.3, -0.25) is 5.32 Å². The van der Waals surface area contributed by atoms with Crippen LogP contribution >= 0.6 is 15.9 Å². The zero-order valence-electron chi connectivity index (χ0n) is 9.00. The van der Waals surface area contributed by atoms with Crippen molar-refractivity contribution in [3.05, 3.63) is 34.3 Å². The molecule has 0 heterocycles. The van der Waals surface area contributed by atoms with Crippen LogP contribution in [-0.2, 0) is 0 Å². The fourth-order valence-electron chi connectivity index (χ4n) is 1.28. The van der Waals surface area contributed by atoms with Gasteiger partial charge in [0.05, 0.1) is 6.07 Å². The van der Waals surface area contributed by atoms with Crippen molar-refractivity contribution in [2.75, 3.05) is 6.54 Å². The van der Waals surface area contributed by atoms with Crippen LogP contribution in [-0.4, -0.2) is 6.54 Å². The highest BCUT2D eigenvalue weighted by atomic mass is 79.9. The largest absolute Gasteiger partial charge is 0.298 e. The standard InChI is InChI=1S/C12H15BrN2/c1-9(2)8-15-12(7-14)10-4-3-5-11(13)6-10/h3-6,9,12,15H,8H2,1-2H3. The van der Waals surface area contributed by atoms with E-state index in [1.807, 2.05) is 24.3 Å². The summed E-state index contributed by atoms with van der Waals surface area (Å²) in [4.78, 5) is 0. The molecular formula is C12H15BrN2. The second-order valence-corrected chi connectivity index (χ2v) is 4.83. The predicted molar refractivity (Wildman–Crippen MR) is 65.3 cm³/mol. The number of nitrogens with zero attached hydrogens (tertiary/aromatic N) is 1. The number of nitrogens with one attached hydrogen (secondary N) is 1. The van der Waals surface area contributed by atoms with Gasteiger partial charge in [0.15, 0.2) is 0 Å². The molecule has 0 saturated heterocycles. The lowest BCUT2D eigenvalue weighted by Gasteiger charge is -2.13. The van der Waals surface area contributed by atoms with Gasteiger partial charge in [0, 0.05) is 4.47 Å². The first kappa shape index (κ1) is 12.2. The molecule has 80 valence electrons. The summed E-state index contributed by atoms with van der Waals surface area (Å²) in [7, 11) is 0. The van der Waals surface area contributed by atoms with Gasteiger partial charge in [-0.25, -0.2) is 0 Å². The smallest absolute Gasteiger partial charge is 0.121 e. The van der Waals surface area contributed by atoms with E-state index in [0.717, 1.165) is 16.6 Å². The molecule has 2 nitrogen and oxygen atoms in total. The Kier molecular flexibility index (Phi) is 4.80. The van der Waals surface area contributed by atoms with Crippen LogP contribution in [0.1, 0.15) is 25.5 Å². The minimum Gasteiger partial charge on any atom is -0.298 e. The second-order valence-electron chi connectivity index (χ2n) is 3.92. The van der Waals surface area contributed by atoms with Gasteiger partial charge in [-0.15, -0.1) is 0 Å². The van der Waals surface area contributed by atoms with Crippen LogP contribution in [0.5, 0.6) is 0 Å². The molecule has 1 rings (SSSR count). The van der Waals surface area contributed by atoms with Crippen molar-refractivity contribution in [2.45, 2.75) is 19.9 Å². The molecule has 1 atom stereocenters. The molecule has 0 aliphatic heterocycles. The number of rotatable bonds is 4. The first-order valence-electron chi connectivity index (χ1n) is 5.02. The average molecular weight is 267 g/mol. The lowest BCUT2D eigenvalue weighted by Crippen LogP contribution is -2.24. The summed E-state index contributed by atoms with van der Waals surface area (Å²) in [6.45, 7) is 5.11. The Bertz CT molecular complexity index is 355. The number of hydrogen-bond acceptors (Lipinski definition) is 2. The summed E-state index contributed by atoms with van der Waals surface area (Å²) in [5.74, 6) is 0.549. The van der Waals surface area contributed by atoms with E-state index in [-0.39, 0.29) is 6.04 Å². The third-order valence-electron chi connectivity index (χ3n) is 2.04. The molecule has 15 heavy (non-hydrogen) atoms. The molecule has 1 N–H and O–H groups in total. The zero-order valence-corrected chi connectivity index (χ0v) is 10.6. The van der Waals surface area contributed by atoms with Gasteiger partial charge in [-0.05, 0) is 30.2 Å². The molecule has 0 fully saturated rings. The molecule has 0 aliphatic carbocycles. The number of hydrogen-bond donors (Lipinski definition) is 1. The number of benzene rings is 1. The highest BCUT2D eigenvalue weighted by Gasteiger charge is 2.09. The lowest BCUT2D eigenvalue weighted by molar-refractivity contribution is 0.525. The van der Waals surface area contributed by atoms with E-state index in [0.29, 0.717) is 5.92 Å². The van der Waals surface area contributed by atoms with Crippen molar-refractivity contribution >= 4 is 15.9 Å². The lowest BCUT2D eigenvalue weighted by atomic mass is 10.1. The third kappa shape index (κ3) is 4.03. The van der Waals surface area contributed by atoms with Crippen LogP contribution < -0.4 is 5.32 Å². The van der Waals surface area contributed by atoms with Gasteiger partial charge >= 0.3 is 0 Å². The molecule has 1 unspecified atom stereocenters. The van der Waals surface area contributed by atoms with Gasteiger partial charge in [-0.2, -0.15) is 5.26 Å². The SMILES string of the molecule is CC(C)CNC(C#N)c1cccc(Br)c1. The molecule has 0 amide bonds. The average Bonchev–Trinajstić information content (AvgIpc) is 2.18. The van der Waals surface area contributed by atoms with E-state index in [4.69, 9.17) is 5.26 Å². The second kappa shape index (κ2) is 5.89. The number of halogens is 1. The van der Waals surface area contributed by atoms with Crippen LogP contribution in [0, 0.1) is 17.2 Å². The van der Waals surface area contributed by atoms with E-state index >= 15 is 0 Å². The highest BCUT2D eigenvalue weighted by Crippen LogP contribution is 2.17. The van der Waals surface area contributed by atoms with E-state index in [2.05, 4.69) is 41.2 Å². The maximum atomic E-state index is 9.06. The molecule has 0 aromatic heterocycles. The fourth-order valence-corrected chi connectivity index (χ4v) is 1.69. The van der Waals surface area contributed by atoms with Crippen molar-refractivity contribution in [1.82, 2.24) is 5.32 Å². The Labute approximate surface area is 99.4 Å². The molecule has 3 heteroatoms. The number of nitriles is 1. The molecular weight excluding hydrogens is 252 g/mol. The summed E-state index contributed by atoms with van der Waals surface area (Å²) in [5, 5.41) is 12.3. The Morgan fingerprint density at radius 1 is 1.47 bits per heavy atom. The molecule has 0 radical (unpaired) electrons. The maximum absolute atomic E-state index is 9.06. The van der Waals surface area contributed by atoms with E-state index in [1.54, 1.807) is 0 Å². The van der Waals surface area contributed by atoms with Crippen molar-refractivity contribution < 1.29 is 0 Å². The van der Waals surface area contributed by atoms with Gasteiger partial charge in [0.1, 0.15) is 6.04 Å². The van der Waals surface area contributed by atoms with Gasteiger partial charge in [0.25, 0.3) is 0 Å². The fraction of sp³-hybridized carbons (Fsp3) is 0.417. The summed E-state index contributed by atoms with van der Waals surface area (Å²) in [6.07, 6.45) is 0. The van der Waals surface area contributed by atoms with Crippen molar-refractivity contribution in [3.8, 4) is 6.07 Å². The predicted octanol–water partition coefficient (Wildman–Crippen LogP) is 3.26. The van der Waals surface area contributed by atoms with Crippen molar-refractivity contribution in [3.63, 3.8) is 0 Å². The Morgan fingerprint density at radius 3 is 2.73 bits per heavy atom. The first-order chi connectivity index (χ1) is 7.13. The van der Waals surface area contributed by atoms with E-state index in [1.165, 1.54) is 0 Å². The molecule has 1 aromatic carbocycles. The van der Waals surface area contributed by atoms with E-state index in [9.17, 15) is 0 Å². The minimum absolute atomic E-state index is 0.218. The monoisotopic (exact) mass is 266 g/mol.